The summed E-state index contributed by atoms with van der Waals surface area (Å²) < 4.78 is 28.3. The summed E-state index contributed by atoms with van der Waals surface area (Å²) in [6.45, 7) is 3.38. The van der Waals surface area contributed by atoms with E-state index in [0.29, 0.717) is 6.42 Å². The molecule has 2 heterocycles. The highest BCUT2D eigenvalue weighted by atomic mass is 127. The molecule has 1 N–H and O–H groups in total. The zero-order valence-corrected chi connectivity index (χ0v) is 13.8. The molecule has 1 aliphatic carbocycles. The van der Waals surface area contributed by atoms with Gasteiger partial charge in [0.05, 0.1) is 0 Å². The van der Waals surface area contributed by atoms with Gasteiger partial charge in [-0.2, -0.15) is 0 Å². The number of hydrogen-bond donors (Lipinski definition) is 1. The Morgan fingerprint density at radius 1 is 1.48 bits per heavy atom. The fraction of sp³-hybridized carbons (Fsp3) is 0.692. The number of H-pyrrole nitrogens is 1. The van der Waals surface area contributed by atoms with E-state index >= 15 is 4.39 Å². The molecule has 0 aromatic carbocycles. The summed E-state index contributed by atoms with van der Waals surface area (Å²) in [5.41, 5.74) is -3.90. The summed E-state index contributed by atoms with van der Waals surface area (Å²) in [7, 11) is 0. The van der Waals surface area contributed by atoms with Gasteiger partial charge in [-0.1, -0.05) is 22.6 Å². The maximum absolute atomic E-state index is 15.1. The van der Waals surface area contributed by atoms with Crippen LogP contribution >= 0.6 is 22.6 Å². The van der Waals surface area contributed by atoms with Gasteiger partial charge in [-0.25, -0.2) is 9.18 Å². The molecule has 2 fully saturated rings. The first-order valence-corrected chi connectivity index (χ1v) is 8.20. The lowest BCUT2D eigenvalue weighted by Gasteiger charge is -2.31. The van der Waals surface area contributed by atoms with Crippen molar-refractivity contribution in [1.82, 2.24) is 9.55 Å². The third-order valence-electron chi connectivity index (χ3n) is 4.06. The second-order valence-corrected chi connectivity index (χ2v) is 6.76. The molecule has 2 aliphatic rings. The molecule has 3 atom stereocenters. The minimum atomic E-state index is -1.57. The van der Waals surface area contributed by atoms with E-state index in [-0.39, 0.29) is 10.8 Å². The minimum Gasteiger partial charge on any atom is -0.339 e. The van der Waals surface area contributed by atoms with Crippen LogP contribution in [-0.4, -0.2) is 31.5 Å². The Bertz CT molecular complexity index is 687. The molecule has 0 amide bonds. The standard InChI is InChI=1S/C13H16FIN2O4/c1-11(2)20-9-12(14,7-15)4-5-13(9,21-11)17-6-3-8(18)16-10(17)19/h3,6,9H,4-5,7H2,1-2H3,(H,16,18,19)/t9-,12+,13+/m1/s1. The Morgan fingerprint density at radius 2 is 2.19 bits per heavy atom. The number of halogens is 2. The molecule has 6 nitrogen and oxygen atoms in total. The summed E-state index contributed by atoms with van der Waals surface area (Å²) in [6.07, 6.45) is 1.01. The summed E-state index contributed by atoms with van der Waals surface area (Å²) in [5, 5.41) is 0. The van der Waals surface area contributed by atoms with E-state index in [1.54, 1.807) is 13.8 Å². The Labute approximate surface area is 133 Å². The fourth-order valence-electron chi connectivity index (χ4n) is 3.24. The number of hydrogen-bond acceptors (Lipinski definition) is 4. The predicted molar refractivity (Wildman–Crippen MR) is 81.3 cm³/mol. The van der Waals surface area contributed by atoms with Crippen molar-refractivity contribution in [2.24, 2.45) is 0 Å². The average Bonchev–Trinajstić information content (AvgIpc) is 2.81. The lowest BCUT2D eigenvalue weighted by atomic mass is 10.0. The number of rotatable bonds is 2. The van der Waals surface area contributed by atoms with Crippen molar-refractivity contribution >= 4 is 22.6 Å². The van der Waals surface area contributed by atoms with Gasteiger partial charge in [0.25, 0.3) is 5.56 Å². The van der Waals surface area contributed by atoms with Crippen molar-refractivity contribution < 1.29 is 13.9 Å². The lowest BCUT2D eigenvalue weighted by molar-refractivity contribution is -0.191. The molecule has 1 aromatic heterocycles. The molecule has 1 saturated carbocycles. The first-order valence-electron chi connectivity index (χ1n) is 6.68. The van der Waals surface area contributed by atoms with E-state index in [1.807, 2.05) is 22.6 Å². The second kappa shape index (κ2) is 4.63. The minimum absolute atomic E-state index is 0.238. The Balaban J connectivity index is 2.17. The SMILES string of the molecule is CC1(C)O[C@@H]2[C@@](F)(CI)CC[C@]2(n2ccc(=O)[nH]c2=O)O1. The summed E-state index contributed by atoms with van der Waals surface area (Å²) >= 11 is 1.98. The third kappa shape index (κ3) is 2.18. The van der Waals surface area contributed by atoms with Crippen molar-refractivity contribution in [2.75, 3.05) is 4.43 Å². The number of fused-ring (bicyclic) bond motifs is 1. The largest absolute Gasteiger partial charge is 0.339 e. The van der Waals surface area contributed by atoms with Crippen LogP contribution < -0.4 is 11.2 Å². The molecule has 116 valence electrons. The molecule has 0 bridgehead atoms. The number of nitrogens with zero attached hydrogens (tertiary/aromatic N) is 1. The smallest absolute Gasteiger partial charge is 0.330 e. The number of aromatic amines is 1. The maximum atomic E-state index is 15.1. The van der Waals surface area contributed by atoms with Gasteiger partial charge in [0, 0.05) is 23.1 Å². The van der Waals surface area contributed by atoms with Crippen LogP contribution in [0.25, 0.3) is 0 Å². The van der Waals surface area contributed by atoms with E-state index in [9.17, 15) is 9.59 Å². The van der Waals surface area contributed by atoms with Gasteiger partial charge in [0.15, 0.2) is 17.2 Å². The summed E-state index contributed by atoms with van der Waals surface area (Å²) in [6, 6.07) is 1.23. The Hall–Kier alpha value is -0.740. The van der Waals surface area contributed by atoms with Gasteiger partial charge in [-0.15, -0.1) is 0 Å². The van der Waals surface area contributed by atoms with E-state index in [0.717, 1.165) is 0 Å². The fourth-order valence-corrected chi connectivity index (χ4v) is 4.02. The molecule has 0 radical (unpaired) electrons. The van der Waals surface area contributed by atoms with E-state index in [4.69, 9.17) is 9.47 Å². The van der Waals surface area contributed by atoms with Crippen molar-refractivity contribution in [2.45, 2.75) is 50.0 Å². The number of nitrogens with one attached hydrogen (secondary N) is 1. The van der Waals surface area contributed by atoms with Gasteiger partial charge >= 0.3 is 5.69 Å². The molecule has 0 spiro atoms. The van der Waals surface area contributed by atoms with Crippen LogP contribution in [0.1, 0.15) is 26.7 Å². The number of aromatic nitrogens is 2. The molecule has 21 heavy (non-hydrogen) atoms. The first-order chi connectivity index (χ1) is 9.72. The van der Waals surface area contributed by atoms with Crippen LogP contribution in [0, 0.1) is 0 Å². The third-order valence-corrected chi connectivity index (χ3v) is 5.32. The summed E-state index contributed by atoms with van der Waals surface area (Å²) in [5.74, 6) is -0.996. The normalized spacial score (nSPS) is 37.6. The van der Waals surface area contributed by atoms with Gasteiger partial charge in [0.1, 0.15) is 6.10 Å². The zero-order chi connectivity index (χ0) is 15.5. The number of alkyl halides is 2. The average molecular weight is 410 g/mol. The topological polar surface area (TPSA) is 73.3 Å². The molecular weight excluding hydrogens is 394 g/mol. The monoisotopic (exact) mass is 410 g/mol. The highest BCUT2D eigenvalue weighted by molar-refractivity contribution is 14.1. The Morgan fingerprint density at radius 3 is 2.81 bits per heavy atom. The van der Waals surface area contributed by atoms with Crippen LogP contribution in [0.2, 0.25) is 0 Å². The predicted octanol–water partition coefficient (Wildman–Crippen LogP) is 1.28. The molecule has 3 rings (SSSR count). The van der Waals surface area contributed by atoms with Crippen LogP contribution in [0.15, 0.2) is 21.9 Å². The zero-order valence-electron chi connectivity index (χ0n) is 11.7. The highest BCUT2D eigenvalue weighted by Gasteiger charge is 2.67. The maximum Gasteiger partial charge on any atom is 0.330 e. The summed E-state index contributed by atoms with van der Waals surface area (Å²) in [4.78, 5) is 25.6. The molecular formula is C13H16FIN2O4. The van der Waals surface area contributed by atoms with Crippen molar-refractivity contribution in [3.05, 3.63) is 33.1 Å². The number of ether oxygens (including phenoxy) is 2. The second-order valence-electron chi connectivity index (χ2n) is 5.99. The molecule has 1 saturated heterocycles. The van der Waals surface area contributed by atoms with E-state index in [1.165, 1.54) is 16.8 Å². The van der Waals surface area contributed by atoms with Gasteiger partial charge in [0.2, 0.25) is 0 Å². The molecule has 8 heteroatoms. The molecule has 1 aliphatic heterocycles. The van der Waals surface area contributed by atoms with E-state index < -0.39 is 34.5 Å². The van der Waals surface area contributed by atoms with Crippen LogP contribution in [0.5, 0.6) is 0 Å². The highest BCUT2D eigenvalue weighted by Crippen LogP contribution is 2.55. The van der Waals surface area contributed by atoms with Gasteiger partial charge < -0.3 is 9.47 Å². The van der Waals surface area contributed by atoms with Crippen LogP contribution in [-0.2, 0) is 15.2 Å². The van der Waals surface area contributed by atoms with Crippen molar-refractivity contribution in [3.8, 4) is 0 Å². The first kappa shape index (κ1) is 15.2. The van der Waals surface area contributed by atoms with Gasteiger partial charge in [-0.05, 0) is 20.3 Å². The van der Waals surface area contributed by atoms with Crippen molar-refractivity contribution in [3.63, 3.8) is 0 Å². The molecule has 1 aromatic rings. The van der Waals surface area contributed by atoms with Crippen LogP contribution in [0.4, 0.5) is 4.39 Å². The Kier molecular flexibility index (Phi) is 3.34. The molecule has 0 unspecified atom stereocenters. The van der Waals surface area contributed by atoms with Crippen LogP contribution in [0.3, 0.4) is 0 Å². The van der Waals surface area contributed by atoms with Crippen molar-refractivity contribution in [1.29, 1.82) is 0 Å². The van der Waals surface area contributed by atoms with Gasteiger partial charge in [-0.3, -0.25) is 14.3 Å². The van der Waals surface area contributed by atoms with E-state index in [2.05, 4.69) is 4.98 Å². The quantitative estimate of drug-likeness (QED) is 0.589. The lowest BCUT2D eigenvalue weighted by Crippen LogP contribution is -2.51.